The molecule has 0 aliphatic carbocycles. The van der Waals surface area contributed by atoms with Crippen LogP contribution in [0, 0.1) is 0 Å². The van der Waals surface area contributed by atoms with E-state index in [1.165, 1.54) is 6.20 Å². The minimum Gasteiger partial charge on any atom is -0.288 e. The maximum atomic E-state index is 12.0. The average molecular weight is 236 g/mol. The van der Waals surface area contributed by atoms with Gasteiger partial charge < -0.3 is 0 Å². The molecule has 82 valence electrons. The molecule has 0 aliphatic heterocycles. The highest BCUT2D eigenvalue weighted by Gasteiger charge is 2.11. The Morgan fingerprint density at radius 1 is 1.50 bits per heavy atom. The van der Waals surface area contributed by atoms with Crippen molar-refractivity contribution in [2.24, 2.45) is 0 Å². The predicted octanol–water partition coefficient (Wildman–Crippen LogP) is 2.18. The van der Waals surface area contributed by atoms with Gasteiger partial charge in [-0.1, -0.05) is 11.6 Å². The van der Waals surface area contributed by atoms with Crippen molar-refractivity contribution in [3.63, 3.8) is 0 Å². The Hall–Kier alpha value is -1.68. The lowest BCUT2D eigenvalue weighted by Gasteiger charge is -1.97. The van der Waals surface area contributed by atoms with Gasteiger partial charge in [0.2, 0.25) is 0 Å². The quantitative estimate of drug-likeness (QED) is 0.605. The molecule has 2 aromatic rings. The van der Waals surface area contributed by atoms with E-state index in [-0.39, 0.29) is 5.78 Å². The summed E-state index contributed by atoms with van der Waals surface area (Å²) in [4.78, 5) is 15.8. The monoisotopic (exact) mass is 235 g/mol. The number of ketones is 1. The van der Waals surface area contributed by atoms with E-state index in [4.69, 9.17) is 11.6 Å². The van der Waals surface area contributed by atoms with Crippen LogP contribution < -0.4 is 0 Å². The lowest BCUT2D eigenvalue weighted by molar-refractivity contribution is 0.103. The summed E-state index contributed by atoms with van der Waals surface area (Å²) in [6.07, 6.45) is 4.79. The van der Waals surface area contributed by atoms with Gasteiger partial charge in [0, 0.05) is 24.5 Å². The molecule has 0 N–H and O–H groups in total. The zero-order chi connectivity index (χ0) is 11.5. The van der Waals surface area contributed by atoms with Gasteiger partial charge >= 0.3 is 0 Å². The molecule has 4 nitrogen and oxygen atoms in total. The van der Waals surface area contributed by atoms with Crippen LogP contribution in [0.5, 0.6) is 0 Å². The number of rotatable bonds is 3. The number of carbonyl (C=O) groups excluding carboxylic acids is 1. The van der Waals surface area contributed by atoms with Gasteiger partial charge in [-0.05, 0) is 19.1 Å². The average Bonchev–Trinajstić information content (AvgIpc) is 2.76. The Labute approximate surface area is 97.9 Å². The highest BCUT2D eigenvalue weighted by Crippen LogP contribution is 2.12. The molecule has 0 fully saturated rings. The smallest absolute Gasteiger partial charge is 0.196 e. The van der Waals surface area contributed by atoms with Gasteiger partial charge in [-0.3, -0.25) is 9.48 Å². The topological polar surface area (TPSA) is 47.8 Å². The van der Waals surface area contributed by atoms with Crippen LogP contribution in [0.15, 0.2) is 30.7 Å². The Balaban J connectivity index is 2.31. The zero-order valence-corrected chi connectivity index (χ0v) is 9.48. The van der Waals surface area contributed by atoms with Gasteiger partial charge in [0.25, 0.3) is 0 Å². The van der Waals surface area contributed by atoms with E-state index < -0.39 is 0 Å². The van der Waals surface area contributed by atoms with Crippen LogP contribution in [-0.4, -0.2) is 20.5 Å². The molecule has 0 radical (unpaired) electrons. The molecule has 2 heterocycles. The third-order valence-electron chi connectivity index (χ3n) is 2.21. The summed E-state index contributed by atoms with van der Waals surface area (Å²) in [6, 6.07) is 3.19. The molecule has 2 aromatic heterocycles. The summed E-state index contributed by atoms with van der Waals surface area (Å²) in [5.41, 5.74) is 1.08. The number of nitrogens with zero attached hydrogens (tertiary/aromatic N) is 3. The van der Waals surface area contributed by atoms with Crippen LogP contribution in [0.25, 0.3) is 0 Å². The largest absolute Gasteiger partial charge is 0.288 e. The first-order chi connectivity index (χ1) is 7.70. The van der Waals surface area contributed by atoms with Crippen molar-refractivity contribution in [1.29, 1.82) is 0 Å². The molecule has 2 rings (SSSR count). The fourth-order valence-electron chi connectivity index (χ4n) is 1.36. The van der Waals surface area contributed by atoms with Crippen molar-refractivity contribution in [3.8, 4) is 0 Å². The van der Waals surface area contributed by atoms with E-state index in [1.807, 2.05) is 6.92 Å². The molecule has 0 atom stereocenters. The zero-order valence-electron chi connectivity index (χ0n) is 8.72. The summed E-state index contributed by atoms with van der Waals surface area (Å²) >= 11 is 5.72. The van der Waals surface area contributed by atoms with E-state index in [2.05, 4.69) is 10.1 Å². The van der Waals surface area contributed by atoms with E-state index in [9.17, 15) is 4.79 Å². The van der Waals surface area contributed by atoms with Gasteiger partial charge in [0.1, 0.15) is 5.15 Å². The van der Waals surface area contributed by atoms with Crippen molar-refractivity contribution in [2.45, 2.75) is 13.5 Å². The Kier molecular flexibility index (Phi) is 3.01. The van der Waals surface area contributed by atoms with Crippen LogP contribution in [0.4, 0.5) is 0 Å². The second-order valence-corrected chi connectivity index (χ2v) is 3.67. The second-order valence-electron chi connectivity index (χ2n) is 3.28. The maximum absolute atomic E-state index is 12.0. The summed E-state index contributed by atoms with van der Waals surface area (Å²) in [5, 5.41) is 4.36. The van der Waals surface area contributed by atoms with Crippen LogP contribution >= 0.6 is 11.6 Å². The lowest BCUT2D eigenvalue weighted by Crippen LogP contribution is -2.00. The molecule has 0 spiro atoms. The molecule has 0 aliphatic rings. The number of aromatic nitrogens is 3. The van der Waals surface area contributed by atoms with Gasteiger partial charge in [0.05, 0.1) is 11.8 Å². The number of hydrogen-bond acceptors (Lipinski definition) is 3. The van der Waals surface area contributed by atoms with Crippen LogP contribution in [0.2, 0.25) is 5.15 Å². The molecule has 0 bridgehead atoms. The first-order valence-electron chi connectivity index (χ1n) is 4.89. The van der Waals surface area contributed by atoms with E-state index in [0.717, 1.165) is 6.54 Å². The summed E-state index contributed by atoms with van der Waals surface area (Å²) < 4.78 is 1.70. The fourth-order valence-corrected chi connectivity index (χ4v) is 1.54. The summed E-state index contributed by atoms with van der Waals surface area (Å²) in [7, 11) is 0. The fraction of sp³-hybridized carbons (Fsp3) is 0.182. The first-order valence-corrected chi connectivity index (χ1v) is 5.27. The third-order valence-corrected chi connectivity index (χ3v) is 2.41. The van der Waals surface area contributed by atoms with Gasteiger partial charge in [0.15, 0.2) is 5.78 Å². The first kappa shape index (κ1) is 10.8. The van der Waals surface area contributed by atoms with E-state index in [0.29, 0.717) is 16.3 Å². The SMILES string of the molecule is CCn1cc(C(=O)c2ccnc(Cl)c2)cn1. The highest BCUT2D eigenvalue weighted by atomic mass is 35.5. The molecule has 16 heavy (non-hydrogen) atoms. The van der Waals surface area contributed by atoms with E-state index in [1.54, 1.807) is 29.2 Å². The van der Waals surface area contributed by atoms with Crippen LogP contribution in [-0.2, 0) is 6.54 Å². The summed E-state index contributed by atoms with van der Waals surface area (Å²) in [6.45, 7) is 2.70. The minimum absolute atomic E-state index is 0.0935. The number of carbonyl (C=O) groups is 1. The predicted molar refractivity (Wildman–Crippen MR) is 60.6 cm³/mol. The van der Waals surface area contributed by atoms with Gasteiger partial charge in [-0.25, -0.2) is 4.98 Å². The molecule has 0 unspecified atom stereocenters. The maximum Gasteiger partial charge on any atom is 0.196 e. The van der Waals surface area contributed by atoms with Crippen LogP contribution in [0.1, 0.15) is 22.8 Å². The molecule has 0 aromatic carbocycles. The standard InChI is InChI=1S/C11H10ClN3O/c1-2-15-7-9(6-14-15)11(16)8-3-4-13-10(12)5-8/h3-7H,2H2,1H3. The lowest BCUT2D eigenvalue weighted by atomic mass is 10.1. The van der Waals surface area contributed by atoms with Crippen molar-refractivity contribution < 1.29 is 4.79 Å². The van der Waals surface area contributed by atoms with Crippen molar-refractivity contribution in [2.75, 3.05) is 0 Å². The molecule has 0 amide bonds. The molecule has 0 saturated heterocycles. The Morgan fingerprint density at radius 3 is 2.94 bits per heavy atom. The summed E-state index contributed by atoms with van der Waals surface area (Å²) in [5.74, 6) is -0.0935. The molecular weight excluding hydrogens is 226 g/mol. The Bertz CT molecular complexity index is 521. The van der Waals surface area contributed by atoms with Gasteiger partial charge in [-0.2, -0.15) is 5.10 Å². The number of aryl methyl sites for hydroxylation is 1. The minimum atomic E-state index is -0.0935. The Morgan fingerprint density at radius 2 is 2.31 bits per heavy atom. The van der Waals surface area contributed by atoms with Crippen molar-refractivity contribution in [3.05, 3.63) is 47.0 Å². The molecule has 0 saturated carbocycles. The molecule has 5 heteroatoms. The second kappa shape index (κ2) is 4.45. The van der Waals surface area contributed by atoms with Crippen LogP contribution in [0.3, 0.4) is 0 Å². The molecular formula is C11H10ClN3O. The number of pyridine rings is 1. The van der Waals surface area contributed by atoms with E-state index >= 15 is 0 Å². The third kappa shape index (κ3) is 2.12. The van der Waals surface area contributed by atoms with Crippen molar-refractivity contribution in [1.82, 2.24) is 14.8 Å². The number of hydrogen-bond donors (Lipinski definition) is 0. The number of halogens is 1. The highest BCUT2D eigenvalue weighted by molar-refractivity contribution is 6.29. The van der Waals surface area contributed by atoms with Crippen molar-refractivity contribution >= 4 is 17.4 Å². The van der Waals surface area contributed by atoms with Gasteiger partial charge in [-0.15, -0.1) is 0 Å². The normalized spacial score (nSPS) is 10.4.